The smallest absolute Gasteiger partial charge is 0.263 e. The van der Waals surface area contributed by atoms with Crippen molar-refractivity contribution in [3.8, 4) is 11.1 Å². The van der Waals surface area contributed by atoms with Gasteiger partial charge in [0.05, 0.1) is 11.1 Å². The lowest BCUT2D eigenvalue weighted by Gasteiger charge is -2.12. The normalized spacial score (nSPS) is 11.1. The zero-order valence-electron chi connectivity index (χ0n) is 17.1. The van der Waals surface area contributed by atoms with Gasteiger partial charge in [0.15, 0.2) is 10.9 Å². The van der Waals surface area contributed by atoms with Crippen molar-refractivity contribution in [2.75, 3.05) is 5.75 Å². The number of aromatic nitrogens is 2. The van der Waals surface area contributed by atoms with Crippen LogP contribution in [0.4, 0.5) is 0 Å². The zero-order chi connectivity index (χ0) is 22.8. The van der Waals surface area contributed by atoms with Crippen LogP contribution in [-0.4, -0.2) is 21.1 Å². The van der Waals surface area contributed by atoms with Gasteiger partial charge in [0, 0.05) is 33.1 Å². The molecule has 0 aliphatic heterocycles. The van der Waals surface area contributed by atoms with E-state index in [1.54, 1.807) is 41.0 Å². The quantitative estimate of drug-likeness (QED) is 0.119. The Hall–Kier alpha value is -2.38. The summed E-state index contributed by atoms with van der Waals surface area (Å²) in [4.78, 5) is 31.5. The van der Waals surface area contributed by atoms with Crippen LogP contribution < -0.4 is 5.56 Å². The van der Waals surface area contributed by atoms with Gasteiger partial charge in [-0.1, -0.05) is 59.2 Å². The maximum absolute atomic E-state index is 13.5. The number of hydrogen-bond donors (Lipinski definition) is 0. The predicted octanol–water partition coefficient (Wildman–Crippen LogP) is 6.98. The number of rotatable bonds is 7. The number of ketones is 1. The molecule has 0 atom stereocenters. The molecule has 8 heteroatoms. The summed E-state index contributed by atoms with van der Waals surface area (Å²) >= 11 is 14.6. The molecule has 0 unspecified atom stereocenters. The number of benzene rings is 2. The lowest BCUT2D eigenvalue weighted by molar-refractivity contribution is 0.102. The van der Waals surface area contributed by atoms with Gasteiger partial charge in [-0.2, -0.15) is 0 Å². The van der Waals surface area contributed by atoms with Crippen LogP contribution in [0, 0.1) is 0 Å². The lowest BCUT2D eigenvalue weighted by Crippen LogP contribution is -2.24. The molecule has 0 fully saturated rings. The molecule has 0 saturated heterocycles. The molecule has 0 bridgehead atoms. The third kappa shape index (κ3) is 4.84. The van der Waals surface area contributed by atoms with Gasteiger partial charge in [0.2, 0.25) is 0 Å². The molecule has 0 saturated carbocycles. The van der Waals surface area contributed by atoms with Crippen molar-refractivity contribution in [3.05, 3.63) is 92.0 Å². The number of hydrogen-bond acceptors (Lipinski definition) is 5. The van der Waals surface area contributed by atoms with Gasteiger partial charge in [0.1, 0.15) is 4.83 Å². The van der Waals surface area contributed by atoms with Crippen molar-refractivity contribution < 1.29 is 4.79 Å². The molecule has 4 aromatic rings. The molecule has 2 aromatic carbocycles. The second kappa shape index (κ2) is 9.63. The average molecular weight is 501 g/mol. The number of thiophene rings is 1. The lowest BCUT2D eigenvalue weighted by atomic mass is 10.1. The van der Waals surface area contributed by atoms with Crippen LogP contribution in [0.5, 0.6) is 0 Å². The highest BCUT2D eigenvalue weighted by Gasteiger charge is 2.18. The molecule has 162 valence electrons. The van der Waals surface area contributed by atoms with E-state index in [-0.39, 0.29) is 17.1 Å². The Morgan fingerprint density at radius 1 is 1.09 bits per heavy atom. The first-order chi connectivity index (χ1) is 15.3. The fourth-order valence-electron chi connectivity index (χ4n) is 3.22. The van der Waals surface area contributed by atoms with Gasteiger partial charge in [0.25, 0.3) is 5.56 Å². The number of thioether (sulfide) groups is 1. The molecule has 32 heavy (non-hydrogen) atoms. The van der Waals surface area contributed by atoms with Crippen molar-refractivity contribution in [2.45, 2.75) is 18.6 Å². The van der Waals surface area contributed by atoms with Crippen LogP contribution >= 0.6 is 46.3 Å². The Kier molecular flexibility index (Phi) is 6.86. The van der Waals surface area contributed by atoms with Gasteiger partial charge in [-0.15, -0.1) is 11.3 Å². The highest BCUT2D eigenvalue weighted by Crippen LogP contribution is 2.33. The third-order valence-electron chi connectivity index (χ3n) is 4.74. The fraction of sp³-hybridized carbons (Fsp3) is 0.125. The summed E-state index contributed by atoms with van der Waals surface area (Å²) in [6.07, 6.45) is 0. The van der Waals surface area contributed by atoms with E-state index in [0.29, 0.717) is 37.5 Å². The minimum Gasteiger partial charge on any atom is -0.293 e. The van der Waals surface area contributed by atoms with E-state index in [1.807, 2.05) is 24.4 Å². The minimum absolute atomic E-state index is 0.0593. The number of fused-ring (bicyclic) bond motifs is 1. The molecular formula is C24H18Cl2N2O2S2. The summed E-state index contributed by atoms with van der Waals surface area (Å²) in [7, 11) is 0. The van der Waals surface area contributed by atoms with Crippen LogP contribution in [0.2, 0.25) is 10.0 Å². The van der Waals surface area contributed by atoms with E-state index < -0.39 is 0 Å². The van der Waals surface area contributed by atoms with E-state index in [9.17, 15) is 9.59 Å². The number of nitrogens with zero attached hydrogens (tertiary/aromatic N) is 2. The largest absolute Gasteiger partial charge is 0.293 e. The monoisotopic (exact) mass is 500 g/mol. The predicted molar refractivity (Wildman–Crippen MR) is 136 cm³/mol. The standard InChI is InChI=1S/C24H18Cl2N2O2S2/c1-14(2)11-28-23(30)21-19(15-3-7-17(25)8-4-15)12-31-22(21)27-24(28)32-13-20(29)16-5-9-18(26)10-6-16/h3-10,12H,1,11,13H2,2H3. The summed E-state index contributed by atoms with van der Waals surface area (Å²) in [6, 6.07) is 14.1. The van der Waals surface area contributed by atoms with Gasteiger partial charge in [-0.25, -0.2) is 4.98 Å². The Morgan fingerprint density at radius 3 is 2.34 bits per heavy atom. The van der Waals surface area contributed by atoms with Crippen molar-refractivity contribution in [1.29, 1.82) is 0 Å². The number of Topliss-reactive ketones (excluding diaryl/α,β-unsaturated/α-hetero) is 1. The van der Waals surface area contributed by atoms with Crippen molar-refractivity contribution in [3.63, 3.8) is 0 Å². The molecule has 4 nitrogen and oxygen atoms in total. The number of halogens is 2. The first kappa shape index (κ1) is 22.8. The Morgan fingerprint density at radius 2 is 1.72 bits per heavy atom. The molecule has 2 heterocycles. The van der Waals surface area contributed by atoms with E-state index in [4.69, 9.17) is 28.2 Å². The molecule has 0 N–H and O–H groups in total. The Bertz CT molecular complexity index is 1370. The Balaban J connectivity index is 1.73. The van der Waals surface area contributed by atoms with E-state index in [2.05, 4.69) is 6.58 Å². The van der Waals surface area contributed by atoms with Crippen LogP contribution in [0.25, 0.3) is 21.3 Å². The summed E-state index contributed by atoms with van der Waals surface area (Å²) in [5.74, 6) is 0.0986. The van der Waals surface area contributed by atoms with Gasteiger partial charge in [-0.3, -0.25) is 14.2 Å². The molecule has 2 aromatic heterocycles. The molecule has 4 rings (SSSR count). The average Bonchev–Trinajstić information content (AvgIpc) is 3.19. The summed E-state index contributed by atoms with van der Waals surface area (Å²) in [5.41, 5.74) is 2.97. The highest BCUT2D eigenvalue weighted by molar-refractivity contribution is 7.99. The summed E-state index contributed by atoms with van der Waals surface area (Å²) in [5, 5.41) is 4.20. The SMILES string of the molecule is C=C(C)Cn1c(SCC(=O)c2ccc(Cl)cc2)nc2scc(-c3ccc(Cl)cc3)c2c1=O. The molecule has 0 amide bonds. The first-order valence-corrected chi connectivity index (χ1v) is 12.3. The number of carbonyl (C=O) groups is 1. The van der Waals surface area contributed by atoms with Crippen molar-refractivity contribution >= 4 is 62.3 Å². The van der Waals surface area contributed by atoms with Crippen LogP contribution in [0.15, 0.2) is 76.0 Å². The maximum atomic E-state index is 13.5. The number of carbonyl (C=O) groups excluding carboxylic acids is 1. The summed E-state index contributed by atoms with van der Waals surface area (Å²) < 4.78 is 1.59. The Labute approximate surface area is 203 Å². The van der Waals surface area contributed by atoms with Gasteiger partial charge in [-0.05, 0) is 48.9 Å². The molecule has 0 aliphatic rings. The topological polar surface area (TPSA) is 52.0 Å². The molecule has 0 spiro atoms. The van der Waals surface area contributed by atoms with Gasteiger partial charge < -0.3 is 0 Å². The van der Waals surface area contributed by atoms with Crippen LogP contribution in [0.1, 0.15) is 17.3 Å². The molecule has 0 radical (unpaired) electrons. The number of allylic oxidation sites excluding steroid dienone is 1. The molecule has 0 aliphatic carbocycles. The van der Waals surface area contributed by atoms with E-state index in [0.717, 1.165) is 16.7 Å². The fourth-order valence-corrected chi connectivity index (χ4v) is 5.35. The maximum Gasteiger partial charge on any atom is 0.263 e. The summed E-state index contributed by atoms with van der Waals surface area (Å²) in [6.45, 7) is 6.14. The van der Waals surface area contributed by atoms with Crippen molar-refractivity contribution in [1.82, 2.24) is 9.55 Å². The second-order valence-corrected chi connectivity index (χ2v) is 9.97. The van der Waals surface area contributed by atoms with E-state index in [1.165, 1.54) is 23.1 Å². The van der Waals surface area contributed by atoms with Crippen LogP contribution in [-0.2, 0) is 6.54 Å². The zero-order valence-corrected chi connectivity index (χ0v) is 20.2. The van der Waals surface area contributed by atoms with Crippen LogP contribution in [0.3, 0.4) is 0 Å². The third-order valence-corrected chi connectivity index (χ3v) is 7.09. The highest BCUT2D eigenvalue weighted by atomic mass is 35.5. The first-order valence-electron chi connectivity index (χ1n) is 9.67. The molecular weight excluding hydrogens is 483 g/mol. The second-order valence-electron chi connectivity index (χ2n) is 7.30. The minimum atomic E-state index is -0.148. The van der Waals surface area contributed by atoms with Gasteiger partial charge >= 0.3 is 0 Å². The van der Waals surface area contributed by atoms with E-state index >= 15 is 0 Å². The van der Waals surface area contributed by atoms with Crippen molar-refractivity contribution in [2.24, 2.45) is 0 Å².